The molecule has 1 saturated heterocycles. The summed E-state index contributed by atoms with van der Waals surface area (Å²) in [7, 11) is 0. The van der Waals surface area contributed by atoms with Gasteiger partial charge in [-0.15, -0.1) is 10.2 Å². The molecule has 0 atom stereocenters. The lowest BCUT2D eigenvalue weighted by atomic mass is 10.2. The number of hydrogen-bond acceptors (Lipinski definition) is 5. The quantitative estimate of drug-likeness (QED) is 0.741. The molecular formula is C18H22N4O2S. The maximum Gasteiger partial charge on any atom is 0.233 e. The van der Waals surface area contributed by atoms with Crippen molar-refractivity contribution in [2.75, 3.05) is 32.1 Å². The minimum absolute atomic E-state index is 0.149. The molecule has 0 unspecified atom stereocenters. The smallest absolute Gasteiger partial charge is 0.233 e. The Morgan fingerprint density at radius 1 is 1.16 bits per heavy atom. The van der Waals surface area contributed by atoms with E-state index < -0.39 is 0 Å². The van der Waals surface area contributed by atoms with E-state index in [9.17, 15) is 4.79 Å². The van der Waals surface area contributed by atoms with Crippen molar-refractivity contribution >= 4 is 17.7 Å². The van der Waals surface area contributed by atoms with Crippen LogP contribution in [-0.2, 0) is 16.1 Å². The number of carbonyl (C=O) groups excluding carboxylic acids is 1. The van der Waals surface area contributed by atoms with Gasteiger partial charge in [-0.2, -0.15) is 0 Å². The molecule has 1 aromatic carbocycles. The Bertz CT molecular complexity index is 724. The molecule has 1 amide bonds. The number of amides is 1. The van der Waals surface area contributed by atoms with Gasteiger partial charge >= 0.3 is 0 Å². The number of hydrogen-bond donors (Lipinski definition) is 0. The largest absolute Gasteiger partial charge is 0.378 e. The molecule has 0 N–H and O–H groups in total. The van der Waals surface area contributed by atoms with Gasteiger partial charge in [0.05, 0.1) is 25.5 Å². The predicted molar refractivity (Wildman–Crippen MR) is 95.7 cm³/mol. The Morgan fingerprint density at radius 3 is 2.64 bits per heavy atom. The van der Waals surface area contributed by atoms with Crippen molar-refractivity contribution in [1.82, 2.24) is 19.7 Å². The molecule has 7 heteroatoms. The zero-order valence-corrected chi connectivity index (χ0v) is 15.0. The monoisotopic (exact) mass is 358 g/mol. The van der Waals surface area contributed by atoms with E-state index in [2.05, 4.69) is 26.9 Å². The fourth-order valence-electron chi connectivity index (χ4n) is 3.00. The first-order chi connectivity index (χ1) is 12.3. The molecule has 4 rings (SSSR count). The summed E-state index contributed by atoms with van der Waals surface area (Å²) in [6, 6.07) is 10.3. The fourth-order valence-corrected chi connectivity index (χ4v) is 3.84. The van der Waals surface area contributed by atoms with Crippen molar-refractivity contribution in [2.24, 2.45) is 0 Å². The first-order valence-electron chi connectivity index (χ1n) is 8.76. The minimum Gasteiger partial charge on any atom is -0.378 e. The molecule has 1 aromatic heterocycles. The van der Waals surface area contributed by atoms with E-state index in [0.717, 1.165) is 17.5 Å². The molecule has 1 aliphatic carbocycles. The van der Waals surface area contributed by atoms with Gasteiger partial charge in [0.1, 0.15) is 5.82 Å². The van der Waals surface area contributed by atoms with Gasteiger partial charge < -0.3 is 14.2 Å². The highest BCUT2D eigenvalue weighted by Crippen LogP contribution is 2.40. The third kappa shape index (κ3) is 4.04. The van der Waals surface area contributed by atoms with E-state index in [4.69, 9.17) is 4.74 Å². The lowest BCUT2D eigenvalue weighted by Crippen LogP contribution is -2.41. The Kier molecular flexibility index (Phi) is 5.03. The average Bonchev–Trinajstić information content (AvgIpc) is 3.43. The van der Waals surface area contributed by atoms with Gasteiger partial charge in [0.15, 0.2) is 5.16 Å². The molecule has 0 radical (unpaired) electrons. The number of benzene rings is 1. The third-order valence-electron chi connectivity index (χ3n) is 4.56. The van der Waals surface area contributed by atoms with Crippen molar-refractivity contribution in [3.8, 4) is 0 Å². The lowest BCUT2D eigenvalue weighted by molar-refractivity contribution is -0.132. The van der Waals surface area contributed by atoms with Crippen LogP contribution in [0.1, 0.15) is 30.1 Å². The number of aromatic nitrogens is 3. The number of ether oxygens (including phenoxy) is 1. The number of rotatable bonds is 6. The number of nitrogens with zero attached hydrogens (tertiary/aromatic N) is 4. The molecule has 1 saturated carbocycles. The van der Waals surface area contributed by atoms with Crippen LogP contribution in [-0.4, -0.2) is 57.6 Å². The van der Waals surface area contributed by atoms with Crippen molar-refractivity contribution in [3.63, 3.8) is 0 Å². The van der Waals surface area contributed by atoms with Gasteiger partial charge in [-0.05, 0) is 18.4 Å². The molecule has 6 nitrogen and oxygen atoms in total. The second kappa shape index (κ2) is 7.58. The number of carbonyl (C=O) groups is 1. The Morgan fingerprint density at radius 2 is 1.92 bits per heavy atom. The van der Waals surface area contributed by atoms with E-state index in [0.29, 0.717) is 38.0 Å². The molecule has 2 fully saturated rings. The average molecular weight is 358 g/mol. The third-order valence-corrected chi connectivity index (χ3v) is 5.51. The predicted octanol–water partition coefficient (Wildman–Crippen LogP) is 2.15. The summed E-state index contributed by atoms with van der Waals surface area (Å²) in [5.41, 5.74) is 1.23. The van der Waals surface area contributed by atoms with E-state index >= 15 is 0 Å². The van der Waals surface area contributed by atoms with Crippen LogP contribution in [0, 0.1) is 0 Å². The van der Waals surface area contributed by atoms with Crippen LogP contribution in [0.5, 0.6) is 0 Å². The highest BCUT2D eigenvalue weighted by molar-refractivity contribution is 7.99. The normalized spacial score (nSPS) is 17.7. The summed E-state index contributed by atoms with van der Waals surface area (Å²) in [5.74, 6) is 2.14. The van der Waals surface area contributed by atoms with Crippen LogP contribution in [0.4, 0.5) is 0 Å². The Labute approximate surface area is 151 Å². The molecule has 2 heterocycles. The highest BCUT2D eigenvalue weighted by atomic mass is 32.2. The van der Waals surface area contributed by atoms with Crippen LogP contribution in [0.15, 0.2) is 35.5 Å². The van der Waals surface area contributed by atoms with Crippen LogP contribution in [0.3, 0.4) is 0 Å². The molecule has 2 aliphatic rings. The lowest BCUT2D eigenvalue weighted by Gasteiger charge is -2.26. The number of morpholine rings is 1. The maximum absolute atomic E-state index is 12.4. The standard InChI is InChI=1S/C18H22N4O2S/c23-16(21-8-10-24-11-9-21)13-25-18-20-19-17(15-6-7-15)22(18)12-14-4-2-1-3-5-14/h1-5,15H,6-13H2. The summed E-state index contributed by atoms with van der Waals surface area (Å²) in [6.45, 7) is 3.39. The second-order valence-corrected chi connectivity index (χ2v) is 7.41. The first-order valence-corrected chi connectivity index (χ1v) is 9.75. The molecule has 0 bridgehead atoms. The molecule has 1 aliphatic heterocycles. The van der Waals surface area contributed by atoms with Gasteiger partial charge in [0.25, 0.3) is 0 Å². The van der Waals surface area contributed by atoms with Crippen LogP contribution >= 0.6 is 11.8 Å². The van der Waals surface area contributed by atoms with E-state index in [1.807, 2.05) is 23.1 Å². The molecule has 25 heavy (non-hydrogen) atoms. The van der Waals surface area contributed by atoms with Crippen LogP contribution in [0.2, 0.25) is 0 Å². The summed E-state index contributed by atoms with van der Waals surface area (Å²) in [6.07, 6.45) is 2.37. The zero-order chi connectivity index (χ0) is 17.1. The van der Waals surface area contributed by atoms with Gasteiger partial charge in [0.2, 0.25) is 5.91 Å². The van der Waals surface area contributed by atoms with Crippen molar-refractivity contribution < 1.29 is 9.53 Å². The zero-order valence-electron chi connectivity index (χ0n) is 14.1. The van der Waals surface area contributed by atoms with Gasteiger partial charge in [-0.25, -0.2) is 0 Å². The van der Waals surface area contributed by atoms with E-state index in [-0.39, 0.29) is 5.91 Å². The molecular weight excluding hydrogens is 336 g/mol. The summed E-state index contributed by atoms with van der Waals surface area (Å²) < 4.78 is 7.49. The van der Waals surface area contributed by atoms with Gasteiger partial charge in [-0.3, -0.25) is 4.79 Å². The molecule has 132 valence electrons. The summed E-state index contributed by atoms with van der Waals surface area (Å²) in [5, 5.41) is 9.62. The maximum atomic E-state index is 12.4. The summed E-state index contributed by atoms with van der Waals surface area (Å²) in [4.78, 5) is 14.3. The molecule has 0 spiro atoms. The van der Waals surface area contributed by atoms with Crippen LogP contribution in [0.25, 0.3) is 0 Å². The van der Waals surface area contributed by atoms with Gasteiger partial charge in [-0.1, -0.05) is 42.1 Å². The molecule has 2 aromatic rings. The SMILES string of the molecule is O=C(CSc1nnc(C2CC2)n1Cc1ccccc1)N1CCOCC1. The number of thioether (sulfide) groups is 1. The highest BCUT2D eigenvalue weighted by Gasteiger charge is 2.30. The van der Waals surface area contributed by atoms with E-state index in [1.165, 1.54) is 30.2 Å². The van der Waals surface area contributed by atoms with Crippen LogP contribution < -0.4 is 0 Å². The Balaban J connectivity index is 1.46. The topological polar surface area (TPSA) is 60.2 Å². The Hall–Kier alpha value is -1.86. The van der Waals surface area contributed by atoms with Crippen molar-refractivity contribution in [3.05, 3.63) is 41.7 Å². The second-order valence-electron chi connectivity index (χ2n) is 6.47. The van der Waals surface area contributed by atoms with Crippen molar-refractivity contribution in [2.45, 2.75) is 30.5 Å². The first kappa shape index (κ1) is 16.6. The summed E-state index contributed by atoms with van der Waals surface area (Å²) >= 11 is 1.49. The minimum atomic E-state index is 0.149. The van der Waals surface area contributed by atoms with E-state index in [1.54, 1.807) is 0 Å². The van der Waals surface area contributed by atoms with Crippen molar-refractivity contribution in [1.29, 1.82) is 0 Å². The fraction of sp³-hybridized carbons (Fsp3) is 0.500. The van der Waals surface area contributed by atoms with Gasteiger partial charge in [0, 0.05) is 19.0 Å².